The quantitative estimate of drug-likeness (QED) is 0.617. The summed E-state index contributed by atoms with van der Waals surface area (Å²) in [7, 11) is -1.42. The normalized spacial score (nSPS) is 17.4. The molecule has 0 bridgehead atoms. The Kier molecular flexibility index (Phi) is 2.05. The zero-order valence-electron chi connectivity index (χ0n) is 8.32. The first-order valence-corrected chi connectivity index (χ1v) is 4.64. The Morgan fingerprint density at radius 1 is 1.36 bits per heavy atom. The van der Waals surface area contributed by atoms with E-state index in [-0.39, 0.29) is 5.41 Å². The van der Waals surface area contributed by atoms with Gasteiger partial charge in [0.1, 0.15) is 5.75 Å². The monoisotopic (exact) mass is 192 g/mol. The lowest BCUT2D eigenvalue weighted by Crippen LogP contribution is -2.29. The molecule has 2 N–H and O–H groups in total. The number of hydrogen-bond acceptors (Lipinski definition) is 3. The first-order valence-electron chi connectivity index (χ1n) is 4.64. The molecule has 1 aromatic rings. The Labute approximate surface area is 83.5 Å². The smallest absolute Gasteiger partial charge is 0.488 e. The molecule has 2 rings (SSSR count). The second kappa shape index (κ2) is 3.00. The Bertz CT molecular complexity index is 360. The van der Waals surface area contributed by atoms with Crippen LogP contribution in [0.25, 0.3) is 0 Å². The lowest BCUT2D eigenvalue weighted by Gasteiger charge is -2.14. The van der Waals surface area contributed by atoms with Crippen LogP contribution in [-0.2, 0) is 5.41 Å². The van der Waals surface area contributed by atoms with Crippen LogP contribution in [-0.4, -0.2) is 23.8 Å². The Morgan fingerprint density at radius 3 is 2.71 bits per heavy atom. The zero-order valence-corrected chi connectivity index (χ0v) is 8.32. The molecule has 1 heterocycles. The van der Waals surface area contributed by atoms with Gasteiger partial charge in [-0.2, -0.15) is 0 Å². The van der Waals surface area contributed by atoms with Gasteiger partial charge in [-0.25, -0.2) is 0 Å². The van der Waals surface area contributed by atoms with Gasteiger partial charge >= 0.3 is 7.12 Å². The molecule has 0 saturated heterocycles. The Balaban J connectivity index is 2.44. The summed E-state index contributed by atoms with van der Waals surface area (Å²) in [6.45, 7) is 4.86. The topological polar surface area (TPSA) is 49.7 Å². The molecule has 0 aliphatic carbocycles. The molecule has 0 radical (unpaired) electrons. The highest BCUT2D eigenvalue weighted by molar-refractivity contribution is 6.58. The lowest BCUT2D eigenvalue weighted by molar-refractivity contribution is 0.291. The van der Waals surface area contributed by atoms with Crippen molar-refractivity contribution in [1.29, 1.82) is 0 Å². The van der Waals surface area contributed by atoms with Crippen molar-refractivity contribution in [3.63, 3.8) is 0 Å². The maximum atomic E-state index is 8.99. The molecule has 0 saturated carbocycles. The summed E-state index contributed by atoms with van der Waals surface area (Å²) in [6.07, 6.45) is 0. The predicted octanol–water partition coefficient (Wildman–Crippen LogP) is 0.0364. The van der Waals surface area contributed by atoms with Crippen molar-refractivity contribution in [2.75, 3.05) is 6.61 Å². The van der Waals surface area contributed by atoms with Gasteiger partial charge in [-0.05, 0) is 11.5 Å². The minimum Gasteiger partial charge on any atom is -0.492 e. The van der Waals surface area contributed by atoms with Crippen molar-refractivity contribution < 1.29 is 14.8 Å². The fourth-order valence-corrected chi connectivity index (χ4v) is 1.71. The fraction of sp³-hybridized carbons (Fsp3) is 0.400. The van der Waals surface area contributed by atoms with E-state index < -0.39 is 7.12 Å². The lowest BCUT2D eigenvalue weighted by atomic mass is 9.78. The van der Waals surface area contributed by atoms with E-state index in [1.807, 2.05) is 6.07 Å². The summed E-state index contributed by atoms with van der Waals surface area (Å²) in [6, 6.07) is 5.31. The van der Waals surface area contributed by atoms with Crippen LogP contribution >= 0.6 is 0 Å². The number of fused-ring (bicyclic) bond motifs is 1. The van der Waals surface area contributed by atoms with Gasteiger partial charge in [0.2, 0.25) is 0 Å². The van der Waals surface area contributed by atoms with Crippen LogP contribution in [0.15, 0.2) is 18.2 Å². The van der Waals surface area contributed by atoms with E-state index in [9.17, 15) is 0 Å². The average molecular weight is 192 g/mol. The summed E-state index contributed by atoms with van der Waals surface area (Å²) < 4.78 is 5.48. The average Bonchev–Trinajstić information content (AvgIpc) is 2.42. The third-order valence-electron chi connectivity index (χ3n) is 2.62. The summed E-state index contributed by atoms with van der Waals surface area (Å²) in [5.41, 5.74) is 1.62. The standard InChI is InChI=1S/C10H13BO3/c1-10(2)6-14-9-5-7(11(12)13)3-4-8(9)10/h3-5,12-13H,6H2,1-2H3. The van der Waals surface area contributed by atoms with Gasteiger partial charge < -0.3 is 14.8 Å². The van der Waals surface area contributed by atoms with Crippen LogP contribution in [0.5, 0.6) is 5.75 Å². The van der Waals surface area contributed by atoms with Gasteiger partial charge in [-0.1, -0.05) is 26.0 Å². The summed E-state index contributed by atoms with van der Waals surface area (Å²) in [5, 5.41) is 18.0. The number of hydrogen-bond donors (Lipinski definition) is 2. The summed E-state index contributed by atoms with van der Waals surface area (Å²) in [4.78, 5) is 0. The zero-order chi connectivity index (χ0) is 10.3. The van der Waals surface area contributed by atoms with Crippen LogP contribution in [0.2, 0.25) is 0 Å². The van der Waals surface area contributed by atoms with Crippen molar-refractivity contribution in [2.24, 2.45) is 0 Å². The molecule has 3 nitrogen and oxygen atoms in total. The summed E-state index contributed by atoms with van der Waals surface area (Å²) in [5.74, 6) is 0.764. The molecule has 4 heteroatoms. The van der Waals surface area contributed by atoms with Crippen LogP contribution < -0.4 is 10.2 Å². The molecule has 0 aromatic heterocycles. The summed E-state index contributed by atoms with van der Waals surface area (Å²) >= 11 is 0. The third-order valence-corrected chi connectivity index (χ3v) is 2.62. The van der Waals surface area contributed by atoms with Gasteiger partial charge in [-0.3, -0.25) is 0 Å². The van der Waals surface area contributed by atoms with Crippen LogP contribution in [0, 0.1) is 0 Å². The maximum absolute atomic E-state index is 8.99. The van der Waals surface area contributed by atoms with E-state index in [4.69, 9.17) is 14.8 Å². The largest absolute Gasteiger partial charge is 0.492 e. The number of benzene rings is 1. The molecular formula is C10H13BO3. The van der Waals surface area contributed by atoms with E-state index >= 15 is 0 Å². The molecule has 1 aliphatic rings. The van der Waals surface area contributed by atoms with Crippen molar-refractivity contribution in [1.82, 2.24) is 0 Å². The van der Waals surface area contributed by atoms with E-state index in [1.54, 1.807) is 12.1 Å². The molecule has 74 valence electrons. The molecule has 0 spiro atoms. The second-order valence-electron chi connectivity index (χ2n) is 4.30. The van der Waals surface area contributed by atoms with Crippen LogP contribution in [0.4, 0.5) is 0 Å². The van der Waals surface area contributed by atoms with Crippen molar-refractivity contribution in [2.45, 2.75) is 19.3 Å². The van der Waals surface area contributed by atoms with E-state index in [0.29, 0.717) is 12.1 Å². The predicted molar refractivity (Wildman–Crippen MR) is 54.8 cm³/mol. The molecule has 1 aliphatic heterocycles. The minimum absolute atomic E-state index is 0.0221. The van der Waals surface area contributed by atoms with Crippen LogP contribution in [0.3, 0.4) is 0 Å². The fourth-order valence-electron chi connectivity index (χ4n) is 1.71. The highest BCUT2D eigenvalue weighted by Crippen LogP contribution is 2.37. The van der Waals surface area contributed by atoms with Gasteiger partial charge in [0.15, 0.2) is 0 Å². The van der Waals surface area contributed by atoms with E-state index in [2.05, 4.69) is 13.8 Å². The highest BCUT2D eigenvalue weighted by Gasteiger charge is 2.32. The van der Waals surface area contributed by atoms with Crippen molar-refractivity contribution in [3.05, 3.63) is 23.8 Å². The molecule has 1 aromatic carbocycles. The highest BCUT2D eigenvalue weighted by atomic mass is 16.5. The van der Waals surface area contributed by atoms with E-state index in [1.165, 1.54) is 0 Å². The van der Waals surface area contributed by atoms with Crippen molar-refractivity contribution >= 4 is 12.6 Å². The number of ether oxygens (including phenoxy) is 1. The molecular weight excluding hydrogens is 179 g/mol. The van der Waals surface area contributed by atoms with Gasteiger partial charge in [0.25, 0.3) is 0 Å². The molecule has 0 fully saturated rings. The molecule has 0 amide bonds. The van der Waals surface area contributed by atoms with Crippen molar-refractivity contribution in [3.8, 4) is 5.75 Å². The maximum Gasteiger partial charge on any atom is 0.488 e. The second-order valence-corrected chi connectivity index (χ2v) is 4.30. The Morgan fingerprint density at radius 2 is 2.07 bits per heavy atom. The van der Waals surface area contributed by atoms with Gasteiger partial charge in [0, 0.05) is 11.0 Å². The number of rotatable bonds is 1. The van der Waals surface area contributed by atoms with Gasteiger partial charge in [-0.15, -0.1) is 0 Å². The molecule has 0 atom stereocenters. The third kappa shape index (κ3) is 1.40. The molecule has 0 unspecified atom stereocenters. The first-order chi connectivity index (χ1) is 6.50. The minimum atomic E-state index is -1.42. The molecule has 14 heavy (non-hydrogen) atoms. The van der Waals surface area contributed by atoms with Crippen LogP contribution in [0.1, 0.15) is 19.4 Å². The first kappa shape index (κ1) is 9.56. The Hall–Kier alpha value is -0.995. The van der Waals surface area contributed by atoms with E-state index in [0.717, 1.165) is 11.3 Å². The SMILES string of the molecule is CC1(C)COc2cc(B(O)O)ccc21. The van der Waals surface area contributed by atoms with Gasteiger partial charge in [0.05, 0.1) is 6.61 Å².